The summed E-state index contributed by atoms with van der Waals surface area (Å²) in [5.41, 5.74) is 0. The van der Waals surface area contributed by atoms with Crippen molar-refractivity contribution in [3.63, 3.8) is 0 Å². The van der Waals surface area contributed by atoms with Crippen LogP contribution in [0.2, 0.25) is 8.87 Å². The second-order valence-corrected chi connectivity index (χ2v) is 20.0. The van der Waals surface area contributed by atoms with Crippen molar-refractivity contribution >= 4 is 25.5 Å². The molecule has 0 saturated carbocycles. The summed E-state index contributed by atoms with van der Waals surface area (Å²) in [6.07, 6.45) is 2.60. The molecule has 0 heterocycles. The summed E-state index contributed by atoms with van der Waals surface area (Å²) in [6, 6.07) is 22.9. The molecule has 0 aromatic heterocycles. The first-order valence-electron chi connectivity index (χ1n) is 9.45. The zero-order valence-electron chi connectivity index (χ0n) is 16.4. The third-order valence-electron chi connectivity index (χ3n) is 5.07. The first kappa shape index (κ1) is 20.5. The molecule has 2 rings (SSSR count). The molecule has 136 valence electrons. The van der Waals surface area contributed by atoms with Crippen LogP contribution in [0.1, 0.15) is 12.8 Å². The van der Waals surface area contributed by atoms with Crippen LogP contribution in [0.25, 0.3) is 0 Å². The van der Waals surface area contributed by atoms with Gasteiger partial charge in [-0.3, -0.25) is 0 Å². The Morgan fingerprint density at radius 1 is 0.600 bits per heavy atom. The van der Waals surface area contributed by atoms with E-state index < -0.39 is 18.4 Å². The minimum atomic E-state index is -2.68. The van der Waals surface area contributed by atoms with Crippen LogP contribution in [-0.2, 0) is 0 Å². The van der Waals surface area contributed by atoms with Gasteiger partial charge in [-0.2, -0.15) is 0 Å². The van der Waals surface area contributed by atoms with E-state index in [0.717, 1.165) is 0 Å². The summed E-state index contributed by atoms with van der Waals surface area (Å²) in [5, 5.41) is 0. The molecule has 0 saturated heterocycles. The molecular formula is C22H34N2Sn. The molecule has 0 radical (unpaired) electrons. The van der Waals surface area contributed by atoms with Gasteiger partial charge in [-0.25, -0.2) is 0 Å². The van der Waals surface area contributed by atoms with Gasteiger partial charge in [-0.15, -0.1) is 0 Å². The summed E-state index contributed by atoms with van der Waals surface area (Å²) >= 11 is -2.68. The number of hydrogen-bond donors (Lipinski definition) is 0. The van der Waals surface area contributed by atoms with Crippen LogP contribution >= 0.6 is 0 Å². The minimum absolute atomic E-state index is 1.19. The summed E-state index contributed by atoms with van der Waals surface area (Å²) in [5.74, 6) is 0. The van der Waals surface area contributed by atoms with Gasteiger partial charge in [0, 0.05) is 0 Å². The second-order valence-electron chi connectivity index (χ2n) is 7.63. The van der Waals surface area contributed by atoms with Crippen LogP contribution < -0.4 is 7.16 Å². The summed E-state index contributed by atoms with van der Waals surface area (Å²) in [7, 11) is 8.76. The van der Waals surface area contributed by atoms with Gasteiger partial charge in [0.1, 0.15) is 0 Å². The molecule has 0 aliphatic rings. The SMILES string of the molecule is CN(C)CC[CH2][Sn]([CH2]CCN(C)C)([c]1ccccc1)[c]1ccccc1. The molecule has 0 bridgehead atoms. The van der Waals surface area contributed by atoms with Crippen molar-refractivity contribution in [3.8, 4) is 0 Å². The molecule has 0 N–H and O–H groups in total. The number of benzene rings is 2. The third-order valence-corrected chi connectivity index (χ3v) is 20.2. The Kier molecular flexibility index (Phi) is 8.47. The molecule has 25 heavy (non-hydrogen) atoms. The average molecular weight is 445 g/mol. The van der Waals surface area contributed by atoms with Gasteiger partial charge in [-0.1, -0.05) is 0 Å². The molecule has 3 heteroatoms. The van der Waals surface area contributed by atoms with Crippen LogP contribution in [0.4, 0.5) is 0 Å². The zero-order chi connectivity index (χ0) is 18.1. The van der Waals surface area contributed by atoms with Crippen LogP contribution in [0.15, 0.2) is 60.7 Å². The van der Waals surface area contributed by atoms with Crippen LogP contribution in [0.5, 0.6) is 0 Å². The van der Waals surface area contributed by atoms with Crippen LogP contribution in [0, 0.1) is 0 Å². The summed E-state index contributed by atoms with van der Waals surface area (Å²) in [6.45, 7) is 2.37. The van der Waals surface area contributed by atoms with Gasteiger partial charge < -0.3 is 0 Å². The predicted molar refractivity (Wildman–Crippen MR) is 114 cm³/mol. The van der Waals surface area contributed by atoms with Crippen molar-refractivity contribution in [1.82, 2.24) is 9.80 Å². The Labute approximate surface area is 158 Å². The zero-order valence-corrected chi connectivity index (χ0v) is 19.3. The van der Waals surface area contributed by atoms with E-state index in [9.17, 15) is 0 Å². The molecule has 0 unspecified atom stereocenters. The topological polar surface area (TPSA) is 6.48 Å². The van der Waals surface area contributed by atoms with Crippen molar-refractivity contribution in [1.29, 1.82) is 0 Å². The Morgan fingerprint density at radius 3 is 1.28 bits per heavy atom. The molecule has 0 amide bonds. The monoisotopic (exact) mass is 446 g/mol. The van der Waals surface area contributed by atoms with Gasteiger partial charge in [0.05, 0.1) is 0 Å². The molecule has 0 aliphatic carbocycles. The molecule has 0 atom stereocenters. The fraction of sp³-hybridized carbons (Fsp3) is 0.455. The summed E-state index contributed by atoms with van der Waals surface area (Å²) < 4.78 is 6.13. The van der Waals surface area contributed by atoms with Crippen molar-refractivity contribution in [2.45, 2.75) is 21.7 Å². The average Bonchev–Trinajstić information content (AvgIpc) is 2.61. The maximum absolute atomic E-state index is 2.68. The molecule has 0 aliphatic heterocycles. The van der Waals surface area contributed by atoms with Crippen molar-refractivity contribution in [3.05, 3.63) is 60.7 Å². The van der Waals surface area contributed by atoms with E-state index in [-0.39, 0.29) is 0 Å². The number of nitrogens with zero attached hydrogens (tertiary/aromatic N) is 2. The van der Waals surface area contributed by atoms with Gasteiger partial charge in [0.25, 0.3) is 0 Å². The van der Waals surface area contributed by atoms with Gasteiger partial charge in [0.2, 0.25) is 0 Å². The van der Waals surface area contributed by atoms with Crippen LogP contribution in [-0.4, -0.2) is 69.5 Å². The van der Waals surface area contributed by atoms with E-state index in [4.69, 9.17) is 0 Å². The number of rotatable bonds is 10. The van der Waals surface area contributed by atoms with E-state index >= 15 is 0 Å². The maximum atomic E-state index is 2.41. The summed E-state index contributed by atoms with van der Waals surface area (Å²) in [4.78, 5) is 4.65. The molecule has 0 fully saturated rings. The van der Waals surface area contributed by atoms with E-state index in [2.05, 4.69) is 98.7 Å². The Hall–Kier alpha value is -0.841. The third kappa shape index (κ3) is 6.12. The van der Waals surface area contributed by atoms with Gasteiger partial charge in [0.15, 0.2) is 0 Å². The number of hydrogen-bond acceptors (Lipinski definition) is 2. The van der Waals surface area contributed by atoms with E-state index in [1.165, 1.54) is 34.8 Å². The Morgan fingerprint density at radius 2 is 0.960 bits per heavy atom. The van der Waals surface area contributed by atoms with Crippen molar-refractivity contribution in [2.75, 3.05) is 41.3 Å². The van der Waals surface area contributed by atoms with Crippen LogP contribution in [0.3, 0.4) is 0 Å². The molecule has 2 aromatic carbocycles. The van der Waals surface area contributed by atoms with E-state index in [0.29, 0.717) is 0 Å². The second kappa shape index (κ2) is 10.3. The Bertz CT molecular complexity index is 540. The van der Waals surface area contributed by atoms with Gasteiger partial charge >= 0.3 is 159 Å². The first-order chi connectivity index (χ1) is 12.0. The predicted octanol–water partition coefficient (Wildman–Crippen LogP) is 3.15. The van der Waals surface area contributed by atoms with E-state index in [1.807, 2.05) is 0 Å². The first-order valence-corrected chi connectivity index (χ1v) is 16.3. The van der Waals surface area contributed by atoms with Crippen molar-refractivity contribution < 1.29 is 0 Å². The molecule has 2 nitrogen and oxygen atoms in total. The standard InChI is InChI=1S/2C6H5.2C5H12N.Sn/c2*1-2-4-6-5-3-1;2*1-4-5-6(2)3;/h2*1-5H;2*1,4-5H2,2-3H3;. The molecule has 2 aromatic rings. The normalized spacial score (nSPS) is 12.1. The van der Waals surface area contributed by atoms with Gasteiger partial charge in [-0.05, 0) is 0 Å². The van der Waals surface area contributed by atoms with Crippen molar-refractivity contribution in [2.24, 2.45) is 0 Å². The Balaban J connectivity index is 2.37. The molecular weight excluding hydrogens is 411 g/mol. The fourth-order valence-electron chi connectivity index (χ4n) is 3.78. The molecule has 0 spiro atoms. The van der Waals surface area contributed by atoms with E-state index in [1.54, 1.807) is 7.16 Å². The fourth-order valence-corrected chi connectivity index (χ4v) is 17.8. The quantitative estimate of drug-likeness (QED) is 0.519.